The van der Waals surface area contributed by atoms with Crippen LogP contribution in [0.25, 0.3) is 5.69 Å². The van der Waals surface area contributed by atoms with Gasteiger partial charge in [0.05, 0.1) is 19.0 Å². The maximum absolute atomic E-state index is 12.8. The Morgan fingerprint density at radius 2 is 1.70 bits per heavy atom. The van der Waals surface area contributed by atoms with E-state index < -0.39 is 0 Å². The van der Waals surface area contributed by atoms with Crippen LogP contribution in [0.1, 0.15) is 5.56 Å². The lowest BCUT2D eigenvalue weighted by atomic mass is 10.2. The number of rotatable bonds is 5. The molecule has 5 heteroatoms. The van der Waals surface area contributed by atoms with Crippen molar-refractivity contribution in [1.82, 2.24) is 9.78 Å². The van der Waals surface area contributed by atoms with Gasteiger partial charge in [0, 0.05) is 5.75 Å². The van der Waals surface area contributed by atoms with Crippen molar-refractivity contribution in [2.45, 2.75) is 10.6 Å². The van der Waals surface area contributed by atoms with Gasteiger partial charge in [0.2, 0.25) is 0 Å². The fourth-order valence-electron chi connectivity index (χ4n) is 2.18. The summed E-state index contributed by atoms with van der Waals surface area (Å²) in [5, 5.41) is 4.20. The number of nitrogens with zero attached hydrogens (tertiary/aromatic N) is 2. The van der Waals surface area contributed by atoms with E-state index in [9.17, 15) is 4.79 Å². The van der Waals surface area contributed by atoms with Gasteiger partial charge in [-0.3, -0.25) is 4.79 Å². The quantitative estimate of drug-likeness (QED) is 0.674. The minimum absolute atomic E-state index is 0.170. The maximum Gasteiger partial charge on any atom is 0.288 e. The largest absolute Gasteiger partial charge is 0.494 e. The zero-order valence-electron chi connectivity index (χ0n) is 12.7. The van der Waals surface area contributed by atoms with E-state index in [0.717, 1.165) is 11.3 Å². The van der Waals surface area contributed by atoms with E-state index in [0.29, 0.717) is 16.4 Å². The van der Waals surface area contributed by atoms with Crippen molar-refractivity contribution in [2.75, 3.05) is 7.11 Å². The van der Waals surface area contributed by atoms with E-state index in [2.05, 4.69) is 5.10 Å². The summed E-state index contributed by atoms with van der Waals surface area (Å²) in [6, 6.07) is 19.4. The molecule has 0 saturated carbocycles. The molecule has 0 N–H and O–H groups in total. The molecule has 1 heterocycles. The standard InChI is InChI=1S/C18H16N2O2S/c1-22-16-12-19-20(15-10-6-3-7-11-15)18(21)17(16)23-13-14-8-4-2-5-9-14/h2-12H,13H2,1H3. The number of ether oxygens (including phenoxy) is 1. The van der Waals surface area contributed by atoms with Gasteiger partial charge in [0.25, 0.3) is 5.56 Å². The van der Waals surface area contributed by atoms with Gasteiger partial charge in [-0.1, -0.05) is 48.5 Å². The molecule has 4 nitrogen and oxygen atoms in total. The molecule has 0 spiro atoms. The van der Waals surface area contributed by atoms with Gasteiger partial charge >= 0.3 is 0 Å². The van der Waals surface area contributed by atoms with Crippen LogP contribution in [0, 0.1) is 0 Å². The Morgan fingerprint density at radius 3 is 2.35 bits per heavy atom. The average Bonchev–Trinajstić information content (AvgIpc) is 2.62. The third-order valence-electron chi connectivity index (χ3n) is 3.35. The van der Waals surface area contributed by atoms with Crippen molar-refractivity contribution >= 4 is 11.8 Å². The van der Waals surface area contributed by atoms with Gasteiger partial charge in [0.1, 0.15) is 4.90 Å². The molecule has 0 unspecified atom stereocenters. The Bertz CT molecular complexity index is 833. The second kappa shape index (κ2) is 7.15. The first-order chi connectivity index (χ1) is 11.3. The van der Waals surface area contributed by atoms with Gasteiger partial charge in [-0.05, 0) is 17.7 Å². The highest BCUT2D eigenvalue weighted by Crippen LogP contribution is 2.27. The molecule has 0 radical (unpaired) electrons. The third-order valence-corrected chi connectivity index (χ3v) is 4.49. The second-order valence-corrected chi connectivity index (χ2v) is 5.85. The first-order valence-corrected chi connectivity index (χ1v) is 8.16. The lowest BCUT2D eigenvalue weighted by molar-refractivity contribution is 0.397. The second-order valence-electron chi connectivity index (χ2n) is 4.87. The number of hydrogen-bond acceptors (Lipinski definition) is 4. The van der Waals surface area contributed by atoms with Crippen LogP contribution in [-0.4, -0.2) is 16.9 Å². The molecule has 0 fully saturated rings. The summed E-state index contributed by atoms with van der Waals surface area (Å²) in [5.41, 5.74) is 1.72. The Morgan fingerprint density at radius 1 is 1.04 bits per heavy atom. The predicted octanol–water partition coefficient (Wildman–Crippen LogP) is 3.53. The van der Waals surface area contributed by atoms with E-state index in [1.54, 1.807) is 13.3 Å². The van der Waals surface area contributed by atoms with Gasteiger partial charge in [-0.25, -0.2) is 0 Å². The van der Waals surface area contributed by atoms with Crippen molar-refractivity contribution in [2.24, 2.45) is 0 Å². The number of aromatic nitrogens is 2. The van der Waals surface area contributed by atoms with Crippen LogP contribution >= 0.6 is 11.8 Å². The number of hydrogen-bond donors (Lipinski definition) is 0. The summed E-state index contributed by atoms with van der Waals surface area (Å²) < 4.78 is 6.71. The molecule has 116 valence electrons. The molecule has 0 saturated heterocycles. The molecule has 2 aromatic carbocycles. The Balaban J connectivity index is 1.96. The van der Waals surface area contributed by atoms with Crippen LogP contribution in [0.15, 0.2) is 76.6 Å². The summed E-state index contributed by atoms with van der Waals surface area (Å²) in [6.45, 7) is 0. The summed E-state index contributed by atoms with van der Waals surface area (Å²) in [6.07, 6.45) is 1.59. The summed E-state index contributed by atoms with van der Waals surface area (Å²) in [4.78, 5) is 13.3. The third kappa shape index (κ3) is 3.46. The highest BCUT2D eigenvalue weighted by Gasteiger charge is 2.14. The van der Waals surface area contributed by atoms with Crippen LogP contribution in [0.4, 0.5) is 0 Å². The van der Waals surface area contributed by atoms with Crippen molar-refractivity contribution in [3.63, 3.8) is 0 Å². The summed E-state index contributed by atoms with van der Waals surface area (Å²) >= 11 is 1.46. The van der Waals surface area contributed by atoms with Crippen LogP contribution < -0.4 is 10.3 Å². The topological polar surface area (TPSA) is 44.1 Å². The minimum atomic E-state index is -0.170. The predicted molar refractivity (Wildman–Crippen MR) is 92.4 cm³/mol. The average molecular weight is 324 g/mol. The summed E-state index contributed by atoms with van der Waals surface area (Å²) in [5.74, 6) is 1.20. The van der Waals surface area contributed by atoms with Crippen LogP contribution in [0.3, 0.4) is 0 Å². The molecule has 3 aromatic rings. The monoisotopic (exact) mass is 324 g/mol. The molecule has 0 bridgehead atoms. The van der Waals surface area contributed by atoms with Gasteiger partial charge < -0.3 is 4.74 Å². The Hall–Kier alpha value is -2.53. The fourth-order valence-corrected chi connectivity index (χ4v) is 3.18. The van der Waals surface area contributed by atoms with Crippen LogP contribution in [0.5, 0.6) is 5.75 Å². The van der Waals surface area contributed by atoms with E-state index in [-0.39, 0.29) is 5.56 Å². The lowest BCUT2D eigenvalue weighted by Crippen LogP contribution is -2.23. The normalized spacial score (nSPS) is 10.5. The molecular formula is C18H16N2O2S. The summed E-state index contributed by atoms with van der Waals surface area (Å²) in [7, 11) is 1.55. The molecule has 1 aromatic heterocycles. The molecule has 0 atom stereocenters. The Labute approximate surface area is 138 Å². The zero-order valence-corrected chi connectivity index (χ0v) is 13.5. The number of thioether (sulfide) groups is 1. The van der Waals surface area contributed by atoms with Gasteiger partial charge in [0.15, 0.2) is 5.75 Å². The van der Waals surface area contributed by atoms with E-state index >= 15 is 0 Å². The molecular weight excluding hydrogens is 308 g/mol. The smallest absolute Gasteiger partial charge is 0.288 e. The molecule has 23 heavy (non-hydrogen) atoms. The van der Waals surface area contributed by atoms with E-state index in [4.69, 9.17) is 4.74 Å². The minimum Gasteiger partial charge on any atom is -0.494 e. The Kier molecular flexibility index (Phi) is 4.78. The van der Waals surface area contributed by atoms with Gasteiger partial charge in [-0.2, -0.15) is 9.78 Å². The molecule has 0 aliphatic carbocycles. The number of para-hydroxylation sites is 1. The molecule has 0 amide bonds. The zero-order chi connectivity index (χ0) is 16.1. The van der Waals surface area contributed by atoms with Crippen molar-refractivity contribution in [3.8, 4) is 11.4 Å². The van der Waals surface area contributed by atoms with Crippen molar-refractivity contribution < 1.29 is 4.74 Å². The number of benzene rings is 2. The lowest BCUT2D eigenvalue weighted by Gasteiger charge is -2.10. The van der Waals surface area contributed by atoms with Crippen LogP contribution in [0.2, 0.25) is 0 Å². The first-order valence-electron chi connectivity index (χ1n) is 7.18. The maximum atomic E-state index is 12.8. The van der Waals surface area contributed by atoms with Gasteiger partial charge in [-0.15, -0.1) is 11.8 Å². The number of methoxy groups -OCH3 is 1. The van der Waals surface area contributed by atoms with Crippen LogP contribution in [-0.2, 0) is 5.75 Å². The highest BCUT2D eigenvalue weighted by atomic mass is 32.2. The van der Waals surface area contributed by atoms with Crippen molar-refractivity contribution in [3.05, 3.63) is 82.8 Å². The fraction of sp³-hybridized carbons (Fsp3) is 0.111. The highest BCUT2D eigenvalue weighted by molar-refractivity contribution is 7.98. The van der Waals surface area contributed by atoms with Crippen molar-refractivity contribution in [1.29, 1.82) is 0 Å². The molecule has 0 aliphatic rings. The van der Waals surface area contributed by atoms with E-state index in [1.807, 2.05) is 60.7 Å². The first kappa shape index (κ1) is 15.4. The SMILES string of the molecule is COc1cnn(-c2ccccc2)c(=O)c1SCc1ccccc1. The molecule has 3 rings (SSSR count). The van der Waals surface area contributed by atoms with E-state index in [1.165, 1.54) is 16.4 Å². The molecule has 0 aliphatic heterocycles.